The summed E-state index contributed by atoms with van der Waals surface area (Å²) in [7, 11) is -4.76. The van der Waals surface area contributed by atoms with Gasteiger partial charge in [-0.25, -0.2) is 4.57 Å². The Labute approximate surface area is 338 Å². The number of ether oxygens (including phenoxy) is 2. The van der Waals surface area contributed by atoms with Crippen LogP contribution < -0.4 is 0 Å². The molecule has 0 radical (unpaired) electrons. The lowest BCUT2D eigenvalue weighted by Gasteiger charge is -2.18. The van der Waals surface area contributed by atoms with E-state index in [1.807, 2.05) is 0 Å². The third-order valence-corrected chi connectivity index (χ3v) is 10.4. The second kappa shape index (κ2) is 41.9. The highest BCUT2D eigenvalue weighted by molar-refractivity contribution is 7.46. The fraction of sp³-hybridized carbons (Fsp3) is 0.826. The van der Waals surface area contributed by atoms with Crippen LogP contribution in [0.1, 0.15) is 226 Å². The van der Waals surface area contributed by atoms with Gasteiger partial charge in [0, 0.05) is 12.8 Å². The SMILES string of the molecule is CCCC/C=C\C/C=C\CCCCCCCC(=O)OC(COC(=O)CCCCCCCCCCCCC/C=C\CCCCCCCCCC)COP(=O)(O)O. The first-order valence-electron chi connectivity index (χ1n) is 22.8. The molecule has 0 spiro atoms. The summed E-state index contributed by atoms with van der Waals surface area (Å²) in [6.45, 7) is 3.65. The Balaban J connectivity index is 3.83. The summed E-state index contributed by atoms with van der Waals surface area (Å²) in [6.07, 6.45) is 50.2. The van der Waals surface area contributed by atoms with Crippen LogP contribution in [0.4, 0.5) is 0 Å². The number of carbonyl (C=O) groups is 2. The Kier molecular flexibility index (Phi) is 40.6. The van der Waals surface area contributed by atoms with E-state index < -0.39 is 32.5 Å². The summed E-state index contributed by atoms with van der Waals surface area (Å²) in [5.74, 6) is -0.896. The summed E-state index contributed by atoms with van der Waals surface area (Å²) in [5, 5.41) is 0. The molecule has 8 nitrogen and oxygen atoms in total. The van der Waals surface area contributed by atoms with Gasteiger partial charge in [-0.3, -0.25) is 14.1 Å². The quantitative estimate of drug-likeness (QED) is 0.0271. The van der Waals surface area contributed by atoms with Crippen LogP contribution in [0.5, 0.6) is 0 Å². The number of allylic oxidation sites excluding steroid dienone is 6. The minimum absolute atomic E-state index is 0.196. The Morgan fingerprint density at radius 2 is 0.836 bits per heavy atom. The van der Waals surface area contributed by atoms with Crippen LogP contribution in [-0.2, 0) is 28.2 Å². The van der Waals surface area contributed by atoms with E-state index in [0.717, 1.165) is 64.2 Å². The molecule has 322 valence electrons. The molecule has 0 aromatic carbocycles. The molecule has 2 N–H and O–H groups in total. The van der Waals surface area contributed by atoms with Crippen molar-refractivity contribution < 1.29 is 37.9 Å². The summed E-state index contributed by atoms with van der Waals surface area (Å²) >= 11 is 0. The maximum absolute atomic E-state index is 12.4. The molecule has 55 heavy (non-hydrogen) atoms. The van der Waals surface area contributed by atoms with E-state index in [9.17, 15) is 14.2 Å². The highest BCUT2D eigenvalue weighted by Gasteiger charge is 2.22. The molecule has 0 aromatic rings. The number of esters is 2. The first-order chi connectivity index (χ1) is 26.8. The van der Waals surface area contributed by atoms with E-state index in [1.54, 1.807) is 0 Å². The first kappa shape index (κ1) is 53.3. The molecule has 9 heteroatoms. The highest BCUT2D eigenvalue weighted by atomic mass is 31.2. The van der Waals surface area contributed by atoms with E-state index >= 15 is 0 Å². The second-order valence-electron chi connectivity index (χ2n) is 15.4. The van der Waals surface area contributed by atoms with E-state index in [1.165, 1.54) is 128 Å². The first-order valence-corrected chi connectivity index (χ1v) is 24.3. The predicted octanol–water partition coefficient (Wildman–Crippen LogP) is 14.1. The average molecular weight is 797 g/mol. The molecular weight excluding hydrogens is 711 g/mol. The Hall–Kier alpha value is -1.73. The third kappa shape index (κ3) is 44.8. The van der Waals surface area contributed by atoms with E-state index in [-0.39, 0.29) is 19.4 Å². The third-order valence-electron chi connectivity index (χ3n) is 9.88. The van der Waals surface area contributed by atoms with Crippen molar-refractivity contribution in [1.29, 1.82) is 0 Å². The molecule has 0 heterocycles. The van der Waals surface area contributed by atoms with E-state index in [0.29, 0.717) is 6.42 Å². The lowest BCUT2D eigenvalue weighted by Crippen LogP contribution is -2.29. The van der Waals surface area contributed by atoms with Gasteiger partial charge in [-0.15, -0.1) is 0 Å². The molecular formula is C46H85O8P. The van der Waals surface area contributed by atoms with Crippen LogP contribution in [0.2, 0.25) is 0 Å². The van der Waals surface area contributed by atoms with Crippen LogP contribution in [0.3, 0.4) is 0 Å². The standard InChI is InChI=1S/C46H85O8P/c1-3-5-7-9-11-13-15-17-19-20-21-22-23-24-25-26-27-29-30-32-34-36-38-40-45(47)52-42-44(43-53-55(49,50)51)54-46(48)41-39-37-35-33-31-28-18-16-14-12-10-8-6-4-2/h10,12,16,18,20-21,44H,3-9,11,13-15,17,19,22-43H2,1-2H3,(H2,49,50,51)/b12-10-,18-16-,21-20-. The summed E-state index contributed by atoms with van der Waals surface area (Å²) < 4.78 is 26.4. The number of unbranched alkanes of at least 4 members (excludes halogenated alkanes) is 26. The number of carbonyl (C=O) groups excluding carboxylic acids is 2. The number of rotatable bonds is 42. The lowest BCUT2D eigenvalue weighted by atomic mass is 10.0. The normalized spacial score (nSPS) is 12.7. The summed E-state index contributed by atoms with van der Waals surface area (Å²) in [6, 6.07) is 0. The van der Waals surface area contributed by atoms with Crippen molar-refractivity contribution in [2.75, 3.05) is 13.2 Å². The number of hydrogen-bond acceptors (Lipinski definition) is 6. The predicted molar refractivity (Wildman–Crippen MR) is 230 cm³/mol. The van der Waals surface area contributed by atoms with Crippen LogP contribution in [0.15, 0.2) is 36.5 Å². The molecule has 1 atom stereocenters. The molecule has 0 aliphatic carbocycles. The topological polar surface area (TPSA) is 119 Å². The number of phosphoric acid groups is 1. The maximum Gasteiger partial charge on any atom is 0.469 e. The van der Waals surface area contributed by atoms with Crippen LogP contribution in [0, 0.1) is 0 Å². The zero-order valence-electron chi connectivity index (χ0n) is 35.6. The van der Waals surface area contributed by atoms with Gasteiger partial charge < -0.3 is 19.3 Å². The number of hydrogen-bond donors (Lipinski definition) is 2. The number of phosphoric ester groups is 1. The molecule has 0 aliphatic rings. The van der Waals surface area contributed by atoms with Gasteiger partial charge in [0.1, 0.15) is 6.61 Å². The van der Waals surface area contributed by atoms with Crippen molar-refractivity contribution in [2.45, 2.75) is 232 Å². The molecule has 0 aromatic heterocycles. The van der Waals surface area contributed by atoms with Gasteiger partial charge in [-0.05, 0) is 64.2 Å². The molecule has 0 rings (SSSR count). The van der Waals surface area contributed by atoms with Crippen molar-refractivity contribution in [1.82, 2.24) is 0 Å². The minimum Gasteiger partial charge on any atom is -0.462 e. The van der Waals surface area contributed by atoms with Gasteiger partial charge in [-0.1, -0.05) is 185 Å². The summed E-state index contributed by atoms with van der Waals surface area (Å²) in [5.41, 5.74) is 0. The molecule has 0 aliphatic heterocycles. The van der Waals surface area contributed by atoms with Gasteiger partial charge in [-0.2, -0.15) is 0 Å². The van der Waals surface area contributed by atoms with Gasteiger partial charge in [0.2, 0.25) is 0 Å². The summed E-state index contributed by atoms with van der Waals surface area (Å²) in [4.78, 5) is 42.9. The van der Waals surface area contributed by atoms with Crippen molar-refractivity contribution in [3.8, 4) is 0 Å². The van der Waals surface area contributed by atoms with E-state index in [2.05, 4.69) is 54.8 Å². The molecule has 0 bridgehead atoms. The minimum atomic E-state index is -4.76. The Morgan fingerprint density at radius 3 is 1.27 bits per heavy atom. The zero-order chi connectivity index (χ0) is 40.3. The second-order valence-corrected chi connectivity index (χ2v) is 16.6. The zero-order valence-corrected chi connectivity index (χ0v) is 36.5. The monoisotopic (exact) mass is 797 g/mol. The largest absolute Gasteiger partial charge is 0.469 e. The molecule has 0 saturated carbocycles. The van der Waals surface area contributed by atoms with Gasteiger partial charge >= 0.3 is 19.8 Å². The van der Waals surface area contributed by atoms with Crippen LogP contribution in [-0.4, -0.2) is 41.0 Å². The fourth-order valence-corrected chi connectivity index (χ4v) is 6.80. The molecule has 0 saturated heterocycles. The maximum atomic E-state index is 12.4. The van der Waals surface area contributed by atoms with Gasteiger partial charge in [0.15, 0.2) is 6.10 Å². The lowest BCUT2D eigenvalue weighted by molar-refractivity contribution is -0.161. The molecule has 0 amide bonds. The highest BCUT2D eigenvalue weighted by Crippen LogP contribution is 2.36. The van der Waals surface area contributed by atoms with Crippen molar-refractivity contribution in [2.24, 2.45) is 0 Å². The van der Waals surface area contributed by atoms with Crippen molar-refractivity contribution >= 4 is 19.8 Å². The van der Waals surface area contributed by atoms with Crippen LogP contribution in [0.25, 0.3) is 0 Å². The fourth-order valence-electron chi connectivity index (χ4n) is 6.44. The van der Waals surface area contributed by atoms with Crippen molar-refractivity contribution in [3.05, 3.63) is 36.5 Å². The van der Waals surface area contributed by atoms with Gasteiger partial charge in [0.25, 0.3) is 0 Å². The smallest absolute Gasteiger partial charge is 0.462 e. The Morgan fingerprint density at radius 1 is 0.473 bits per heavy atom. The van der Waals surface area contributed by atoms with Gasteiger partial charge in [0.05, 0.1) is 6.61 Å². The molecule has 1 unspecified atom stereocenters. The molecule has 0 fully saturated rings. The van der Waals surface area contributed by atoms with Crippen LogP contribution >= 0.6 is 7.82 Å². The van der Waals surface area contributed by atoms with Crippen molar-refractivity contribution in [3.63, 3.8) is 0 Å². The van der Waals surface area contributed by atoms with E-state index in [4.69, 9.17) is 19.3 Å². The average Bonchev–Trinajstić information content (AvgIpc) is 3.16. The Bertz CT molecular complexity index is 988.